The third-order valence-corrected chi connectivity index (χ3v) is 14.6. The van der Waals surface area contributed by atoms with E-state index < -0.39 is 11.2 Å². The van der Waals surface area contributed by atoms with Gasteiger partial charge in [0.25, 0.3) is 0 Å². The van der Waals surface area contributed by atoms with Crippen LogP contribution in [0.25, 0.3) is 0 Å². The molecule has 8 aromatic rings. The van der Waals surface area contributed by atoms with Crippen LogP contribution in [0.4, 0.5) is 0 Å². The number of nitrogens with one attached hydrogen (secondary N) is 1. The van der Waals surface area contributed by atoms with Gasteiger partial charge in [0.15, 0.2) is 23.1 Å². The van der Waals surface area contributed by atoms with Crippen molar-refractivity contribution in [2.75, 3.05) is 32.8 Å². The number of methoxy groups -OCH3 is 2. The van der Waals surface area contributed by atoms with Crippen molar-refractivity contribution in [3.63, 3.8) is 0 Å². The summed E-state index contributed by atoms with van der Waals surface area (Å²) in [4.78, 5) is 81.7. The number of carbonyl (C=O) groups is 7. The fraction of sp³-hybridized carbons (Fsp3) is 0.263. The summed E-state index contributed by atoms with van der Waals surface area (Å²) in [5.74, 6) is 2.39. The minimum atomic E-state index is -0.463. The van der Waals surface area contributed by atoms with Gasteiger partial charge >= 0.3 is 35.6 Å². The maximum atomic E-state index is 12.3. The second-order valence-corrected chi connectivity index (χ2v) is 30.5. The van der Waals surface area contributed by atoms with Crippen molar-refractivity contribution in [1.29, 1.82) is 4.35 Å². The van der Waals surface area contributed by atoms with Crippen molar-refractivity contribution in [2.24, 2.45) is 11.8 Å². The number of aromatic hydroxyl groups is 1. The van der Waals surface area contributed by atoms with Crippen LogP contribution in [-0.4, -0.2) is 106 Å². The third-order valence-electron chi connectivity index (χ3n) is 14.2. The topological polar surface area (TPSA) is 210 Å². The molecule has 1 unspecified atom stereocenters. The summed E-state index contributed by atoms with van der Waals surface area (Å²) in [6.45, 7) is 23.8. The number of aryl methyl sites for hydroxylation is 3. The van der Waals surface area contributed by atoms with Gasteiger partial charge in [-0.15, -0.1) is 70.5 Å². The molecule has 1 atom stereocenters. The Bertz CT molecular complexity index is 3810. The normalized spacial score (nSPS) is 10.6. The van der Waals surface area contributed by atoms with Gasteiger partial charge in [-0.1, -0.05) is 172 Å². The van der Waals surface area contributed by atoms with Crippen molar-refractivity contribution in [2.45, 2.75) is 93.9 Å². The predicted octanol–water partition coefficient (Wildman–Crippen LogP) is 20.0. The van der Waals surface area contributed by atoms with Crippen molar-refractivity contribution in [3.8, 4) is 28.7 Å². The Balaban J connectivity index is 0.00000124. The van der Waals surface area contributed by atoms with E-state index in [1.54, 1.807) is 129 Å². The van der Waals surface area contributed by atoms with Crippen LogP contribution < -0.4 is 18.9 Å². The van der Waals surface area contributed by atoms with Crippen molar-refractivity contribution < 1.29 is 62.4 Å². The first-order valence-corrected chi connectivity index (χ1v) is 36.7. The molecule has 0 spiro atoms. The standard InChI is InChI=1S/C21H24O4.C19H18O3.C16H16O2.C15H14O2.C4H5ClO.C4H8O.CH2Cl2.Al.BBr3.B.HN/c1-14(2)15(3)21(23)25-19-9-5-16(6-10-19)13-20(22)17-7-11-18(24-4)12-8-17;1-13(2)19(21)22-17-10-6-15(7-11-17)12-18(20)16-8-4-14(3)5-9-16;1-12-3-7-14(8-4-12)16(17)11-13-5-9-15(18-2)10-6-13;1-11-2-6-13(7-3-11)15(17)10-12-4-8-14(16)9-5-12;1-3(2)4(5)6;1-2-4-5-3-1;2-1-3;;2-1(3)4;;/h5-12,14-15H,13H2,1-4H3;4-11H,1,12H2,2-3H3;3-10H,11H2,1-2H3;2-9,16H,10H2,1H3;1H2,2H3;1-4H2;1H2;;;;1H. The van der Waals surface area contributed by atoms with Gasteiger partial charge in [0.2, 0.25) is 5.24 Å². The van der Waals surface area contributed by atoms with Crippen LogP contribution in [0.1, 0.15) is 128 Å². The second kappa shape index (κ2) is 55.2. The monoisotopic (exact) mass is 1660 g/mol. The molecule has 4 radical (unpaired) electrons. The Morgan fingerprint density at radius 1 is 0.485 bits per heavy atom. The molecule has 542 valence electrons. The first-order chi connectivity index (χ1) is 48.5. The zero-order chi connectivity index (χ0) is 76.7. The van der Waals surface area contributed by atoms with Gasteiger partial charge in [0, 0.05) is 80.7 Å². The Morgan fingerprint density at radius 3 is 0.961 bits per heavy atom. The van der Waals surface area contributed by atoms with Gasteiger partial charge in [-0.2, -0.15) is 0 Å². The number of hydrogen-bond donors (Lipinski definition) is 2. The van der Waals surface area contributed by atoms with Crippen molar-refractivity contribution in [1.82, 2.24) is 0 Å². The van der Waals surface area contributed by atoms with E-state index >= 15 is 0 Å². The summed E-state index contributed by atoms with van der Waals surface area (Å²) >= 11 is 25.4. The molecule has 0 bridgehead atoms. The van der Waals surface area contributed by atoms with E-state index in [9.17, 15) is 33.6 Å². The van der Waals surface area contributed by atoms with Crippen LogP contribution >= 0.6 is 82.1 Å². The van der Waals surface area contributed by atoms with Crippen LogP contribution in [0.3, 0.4) is 0 Å². The molecular weight excluding hydrogens is 1580 g/mol. The molecule has 0 aliphatic carbocycles. The van der Waals surface area contributed by atoms with E-state index in [1.807, 2.05) is 151 Å². The number of halogens is 6. The van der Waals surface area contributed by atoms with E-state index in [1.165, 1.54) is 12.8 Å². The van der Waals surface area contributed by atoms with E-state index in [0.717, 1.165) is 74.8 Å². The molecule has 0 saturated carbocycles. The number of allylic oxidation sites excluding steroid dienone is 1. The van der Waals surface area contributed by atoms with Gasteiger partial charge in [-0.25, -0.2) is 4.79 Å². The molecule has 103 heavy (non-hydrogen) atoms. The summed E-state index contributed by atoms with van der Waals surface area (Å²) in [7, 11) is 3.22. The summed E-state index contributed by atoms with van der Waals surface area (Å²) in [6, 6.07) is 58.1. The van der Waals surface area contributed by atoms with E-state index in [4.69, 9.17) is 67.9 Å². The molecular formula is C80H88AlB2Br3Cl3NO13. The molecule has 2 N–H and O–H groups in total. The van der Waals surface area contributed by atoms with Gasteiger partial charge < -0.3 is 28.8 Å². The summed E-state index contributed by atoms with van der Waals surface area (Å²) in [5.41, 5.74) is 10.6. The Hall–Kier alpha value is -7.34. The molecule has 23 heteroatoms. The van der Waals surface area contributed by atoms with Crippen LogP contribution in [0, 0.1) is 37.0 Å². The zero-order valence-electron chi connectivity index (χ0n) is 59.8. The Kier molecular flexibility index (Phi) is 51.3. The number of carbonyl (C=O) groups excluding carboxylic acids is 7. The number of rotatable bonds is 20. The molecule has 0 amide bonds. The Labute approximate surface area is 658 Å². The van der Waals surface area contributed by atoms with E-state index in [-0.39, 0.29) is 63.6 Å². The number of phenolic OH excluding ortho intramolecular Hbond substituents is 1. The number of hydrogen-bond acceptors (Lipinski definition) is 14. The van der Waals surface area contributed by atoms with Gasteiger partial charge in [0.1, 0.15) is 28.7 Å². The fourth-order valence-electron chi connectivity index (χ4n) is 8.04. The van der Waals surface area contributed by atoms with Gasteiger partial charge in [-0.3, -0.25) is 28.8 Å². The molecule has 1 aliphatic rings. The molecule has 8 aromatic carbocycles. The first kappa shape index (κ1) is 95.7. The number of ether oxygens (including phenoxy) is 5. The molecule has 1 aliphatic heterocycles. The van der Waals surface area contributed by atoms with Crippen LogP contribution in [0.2, 0.25) is 0 Å². The number of Topliss-reactive ketones (excluding diaryl/α,β-unsaturated/α-hetero) is 4. The van der Waals surface area contributed by atoms with E-state index in [2.05, 4.69) is 60.4 Å². The third kappa shape index (κ3) is 42.9. The number of alkyl halides is 2. The second-order valence-electron chi connectivity index (χ2n) is 22.9. The Morgan fingerprint density at radius 2 is 0.728 bits per heavy atom. The van der Waals surface area contributed by atoms with Crippen molar-refractivity contribution in [3.05, 3.63) is 280 Å². The predicted molar refractivity (Wildman–Crippen MR) is 432 cm³/mol. The number of benzene rings is 8. The SMILES string of the molecule is BrB(Br)Br.C1CCOC1.C=C(C)C(=O)Cl.C=C(C)C(=O)Oc1ccc(CC(=O)c2ccc(C)cc2)cc1.COc1ccc(C(=O)Cc2ccc(OC(=O)C(C)C(C)C)cc2)cc1.COc1ccc(CC(=O)c2ccc(C)cc2)cc1.Cc1ccc(C(=O)Cc2ccc(O)cc2)cc1.ClCCl.[B].[NH]=[Al]. The van der Waals surface area contributed by atoms with E-state index in [0.29, 0.717) is 59.5 Å². The quantitative estimate of drug-likeness (QED) is 0.0139. The average molecular weight is 1670 g/mol. The minimum absolute atomic E-state index is 0. The molecule has 9 rings (SSSR count). The molecule has 14 nitrogen and oxygen atoms in total. The molecule has 1 saturated heterocycles. The maximum absolute atomic E-state index is 12.3. The summed E-state index contributed by atoms with van der Waals surface area (Å²) < 4.78 is 31.5. The number of phenols is 1. The summed E-state index contributed by atoms with van der Waals surface area (Å²) in [6.07, 6.45) is 3.96. The average Bonchev–Trinajstić information content (AvgIpc) is 1.90. The number of esters is 2. The van der Waals surface area contributed by atoms with Gasteiger partial charge in [0.05, 0.1) is 25.5 Å². The van der Waals surface area contributed by atoms with Crippen LogP contribution in [0.15, 0.2) is 218 Å². The number of ketones is 4. The molecule has 1 heterocycles. The fourth-order valence-corrected chi connectivity index (χ4v) is 8.04. The van der Waals surface area contributed by atoms with Crippen LogP contribution in [-0.2, 0) is 44.8 Å². The zero-order valence-corrected chi connectivity index (χ0v) is 67.9. The molecule has 0 aromatic heterocycles. The van der Waals surface area contributed by atoms with Gasteiger partial charge in [-0.05, 0) is 160 Å². The summed E-state index contributed by atoms with van der Waals surface area (Å²) in [5, 5.41) is 8.88. The first-order valence-electron chi connectivity index (χ1n) is 31.9. The van der Waals surface area contributed by atoms with Crippen LogP contribution in [0.5, 0.6) is 28.7 Å². The van der Waals surface area contributed by atoms with Crippen molar-refractivity contribution >= 4 is 150 Å². The molecule has 1 fully saturated rings.